The van der Waals surface area contributed by atoms with E-state index < -0.39 is 5.66 Å². The number of hydrogen-bond acceptors (Lipinski definition) is 5. The molecule has 0 radical (unpaired) electrons. The number of nitrogens with two attached hydrogens (primary N) is 1. The molecule has 27 heavy (non-hydrogen) atoms. The van der Waals surface area contributed by atoms with Crippen molar-refractivity contribution in [3.63, 3.8) is 0 Å². The number of nitrogens with one attached hydrogen (secondary N) is 1. The van der Waals surface area contributed by atoms with Gasteiger partial charge in [0.15, 0.2) is 0 Å². The molecule has 0 aromatic heterocycles. The highest BCUT2D eigenvalue weighted by atomic mass is 35.5. The number of nitrogens with zero attached hydrogens (tertiary/aromatic N) is 1. The summed E-state index contributed by atoms with van der Waals surface area (Å²) in [5.41, 5.74) is 9.11. The van der Waals surface area contributed by atoms with Gasteiger partial charge < -0.3 is 16.0 Å². The lowest BCUT2D eigenvalue weighted by Crippen LogP contribution is -2.75. The minimum atomic E-state index is -0.725. The van der Waals surface area contributed by atoms with Crippen molar-refractivity contribution in [3.8, 4) is 0 Å². The van der Waals surface area contributed by atoms with Crippen LogP contribution >= 0.6 is 49.2 Å². The van der Waals surface area contributed by atoms with Crippen LogP contribution in [0.4, 0.5) is 0 Å². The van der Waals surface area contributed by atoms with E-state index in [1.54, 1.807) is 11.8 Å². The molecule has 1 fully saturated rings. The van der Waals surface area contributed by atoms with Crippen LogP contribution in [0.3, 0.4) is 0 Å². The summed E-state index contributed by atoms with van der Waals surface area (Å²) < 4.78 is 0. The SMILES string of the molecule is CCC(S)C1NCCN(C(=O)c2cccc(C)c2C)C1(N)CCSC.Cl.Cl. The molecule has 8 heteroatoms. The number of amides is 1. The van der Waals surface area contributed by atoms with E-state index >= 15 is 0 Å². The quantitative estimate of drug-likeness (QED) is 0.574. The second-order valence-corrected chi connectivity index (χ2v) is 8.49. The predicted molar refractivity (Wildman–Crippen MR) is 126 cm³/mol. The van der Waals surface area contributed by atoms with Crippen LogP contribution in [-0.4, -0.2) is 52.9 Å². The molecule has 1 aromatic carbocycles. The van der Waals surface area contributed by atoms with E-state index in [1.165, 1.54) is 0 Å². The van der Waals surface area contributed by atoms with Crippen molar-refractivity contribution in [1.29, 1.82) is 0 Å². The third-order valence-corrected chi connectivity index (χ3v) is 6.61. The first kappa shape index (κ1) is 26.9. The molecule has 3 N–H and O–H groups in total. The third kappa shape index (κ3) is 5.71. The van der Waals surface area contributed by atoms with Gasteiger partial charge in [-0.15, -0.1) is 24.8 Å². The molecule has 2 rings (SSSR count). The summed E-state index contributed by atoms with van der Waals surface area (Å²) in [6.45, 7) is 7.53. The Labute approximate surface area is 186 Å². The van der Waals surface area contributed by atoms with E-state index in [2.05, 4.69) is 18.5 Å². The second-order valence-electron chi connectivity index (χ2n) is 6.85. The van der Waals surface area contributed by atoms with Gasteiger partial charge >= 0.3 is 0 Å². The van der Waals surface area contributed by atoms with Crippen molar-refractivity contribution in [3.05, 3.63) is 34.9 Å². The standard InChI is InChI=1S/C19H31N3OS2.2ClH/c1-5-16(24)17-19(20,9-12-25-4)22(11-10-21-17)18(23)15-8-6-7-13(2)14(15)3;;/h6-8,16-17,21,24H,5,9-12,20H2,1-4H3;2*1H. The Kier molecular flexibility index (Phi) is 11.7. The summed E-state index contributed by atoms with van der Waals surface area (Å²) in [4.78, 5) is 15.3. The third-order valence-electron chi connectivity index (χ3n) is 5.33. The topological polar surface area (TPSA) is 58.4 Å². The van der Waals surface area contributed by atoms with Crippen molar-refractivity contribution >= 4 is 55.1 Å². The number of halogens is 2. The van der Waals surface area contributed by atoms with Gasteiger partial charge in [-0.25, -0.2) is 0 Å². The number of benzene rings is 1. The molecule has 1 aliphatic rings. The number of piperazine rings is 1. The van der Waals surface area contributed by atoms with Gasteiger partial charge in [0.2, 0.25) is 0 Å². The Bertz CT molecular complexity index is 621. The predicted octanol–water partition coefficient (Wildman–Crippen LogP) is 3.68. The number of thioether (sulfide) groups is 1. The lowest BCUT2D eigenvalue weighted by molar-refractivity contribution is 0.0179. The summed E-state index contributed by atoms with van der Waals surface area (Å²) in [7, 11) is 0. The van der Waals surface area contributed by atoms with Crippen molar-refractivity contribution < 1.29 is 4.79 Å². The lowest BCUT2D eigenvalue weighted by atomic mass is 9.88. The van der Waals surface area contributed by atoms with E-state index in [1.807, 2.05) is 36.9 Å². The average molecular weight is 455 g/mol. The van der Waals surface area contributed by atoms with Crippen LogP contribution in [-0.2, 0) is 0 Å². The van der Waals surface area contributed by atoms with E-state index in [9.17, 15) is 4.79 Å². The van der Waals surface area contributed by atoms with Gasteiger partial charge in [0, 0.05) is 23.9 Å². The summed E-state index contributed by atoms with van der Waals surface area (Å²) in [5.74, 6) is 0.947. The minimum Gasteiger partial charge on any atom is -0.318 e. The van der Waals surface area contributed by atoms with E-state index in [0.717, 1.165) is 41.8 Å². The monoisotopic (exact) mass is 453 g/mol. The molecule has 3 atom stereocenters. The molecule has 3 unspecified atom stereocenters. The highest BCUT2D eigenvalue weighted by molar-refractivity contribution is 7.98. The summed E-state index contributed by atoms with van der Waals surface area (Å²) >= 11 is 6.51. The van der Waals surface area contributed by atoms with Crippen molar-refractivity contribution in [2.24, 2.45) is 5.73 Å². The lowest BCUT2D eigenvalue weighted by Gasteiger charge is -2.52. The molecule has 1 saturated heterocycles. The first-order valence-corrected chi connectivity index (χ1v) is 10.8. The molecule has 1 aliphatic heterocycles. The van der Waals surface area contributed by atoms with Gasteiger partial charge in [-0.05, 0) is 55.9 Å². The number of thiol groups is 1. The first-order valence-electron chi connectivity index (χ1n) is 8.94. The maximum Gasteiger partial charge on any atom is 0.255 e. The van der Waals surface area contributed by atoms with Crippen molar-refractivity contribution in [1.82, 2.24) is 10.2 Å². The van der Waals surface area contributed by atoms with E-state index in [4.69, 9.17) is 18.4 Å². The molecule has 0 saturated carbocycles. The normalized spacial score (nSPS) is 23.2. The van der Waals surface area contributed by atoms with Crippen LogP contribution in [0.15, 0.2) is 18.2 Å². The minimum absolute atomic E-state index is 0. The van der Waals surface area contributed by atoms with Crippen LogP contribution in [0.1, 0.15) is 41.3 Å². The zero-order valence-electron chi connectivity index (χ0n) is 16.5. The maximum absolute atomic E-state index is 13.4. The summed E-state index contributed by atoms with van der Waals surface area (Å²) in [6.07, 6.45) is 3.73. The highest BCUT2D eigenvalue weighted by Crippen LogP contribution is 2.30. The molecule has 0 spiro atoms. The van der Waals surface area contributed by atoms with Gasteiger partial charge in [-0.3, -0.25) is 4.79 Å². The van der Waals surface area contributed by atoms with E-state index in [-0.39, 0.29) is 42.0 Å². The fraction of sp³-hybridized carbons (Fsp3) is 0.632. The molecule has 0 bridgehead atoms. The van der Waals surface area contributed by atoms with Gasteiger partial charge in [0.25, 0.3) is 5.91 Å². The van der Waals surface area contributed by atoms with Crippen LogP contribution in [0, 0.1) is 13.8 Å². The number of hydrogen-bond donors (Lipinski definition) is 3. The second kappa shape index (κ2) is 11.8. The molecule has 1 aromatic rings. The number of aryl methyl sites for hydroxylation is 1. The number of carbonyl (C=O) groups excluding carboxylic acids is 1. The van der Waals surface area contributed by atoms with Crippen LogP contribution < -0.4 is 11.1 Å². The van der Waals surface area contributed by atoms with E-state index in [0.29, 0.717) is 6.54 Å². The van der Waals surface area contributed by atoms with Crippen LogP contribution in [0.2, 0.25) is 0 Å². The highest BCUT2D eigenvalue weighted by Gasteiger charge is 2.47. The Hall–Kier alpha value is -0.110. The van der Waals surface area contributed by atoms with Gasteiger partial charge in [-0.2, -0.15) is 24.4 Å². The zero-order valence-corrected chi connectivity index (χ0v) is 19.9. The maximum atomic E-state index is 13.4. The summed E-state index contributed by atoms with van der Waals surface area (Å²) in [5, 5.41) is 3.64. The molecule has 156 valence electrons. The Balaban J connectivity index is 0.00000338. The Morgan fingerprint density at radius 2 is 2.11 bits per heavy atom. The molecule has 1 heterocycles. The molecule has 4 nitrogen and oxygen atoms in total. The Morgan fingerprint density at radius 3 is 2.70 bits per heavy atom. The van der Waals surface area contributed by atoms with Gasteiger partial charge in [0.05, 0.1) is 6.04 Å². The van der Waals surface area contributed by atoms with Crippen molar-refractivity contribution in [2.75, 3.05) is 25.1 Å². The fourth-order valence-electron chi connectivity index (χ4n) is 3.56. The summed E-state index contributed by atoms with van der Waals surface area (Å²) in [6, 6.07) is 5.88. The smallest absolute Gasteiger partial charge is 0.255 e. The fourth-order valence-corrected chi connectivity index (χ4v) is 4.46. The Morgan fingerprint density at radius 1 is 1.44 bits per heavy atom. The first-order chi connectivity index (χ1) is 11.9. The number of carbonyl (C=O) groups is 1. The largest absolute Gasteiger partial charge is 0.318 e. The van der Waals surface area contributed by atoms with Gasteiger partial charge in [0.1, 0.15) is 5.66 Å². The molecule has 0 aliphatic carbocycles. The average Bonchev–Trinajstić information content (AvgIpc) is 2.61. The zero-order chi connectivity index (χ0) is 18.6. The van der Waals surface area contributed by atoms with Crippen LogP contribution in [0.25, 0.3) is 0 Å². The van der Waals surface area contributed by atoms with Gasteiger partial charge in [-0.1, -0.05) is 19.1 Å². The molecular weight excluding hydrogens is 421 g/mol. The van der Waals surface area contributed by atoms with Crippen molar-refractivity contribution in [2.45, 2.75) is 50.6 Å². The number of rotatable bonds is 6. The molecular formula is C19H33Cl2N3OS2. The molecule has 1 amide bonds. The van der Waals surface area contributed by atoms with Crippen LogP contribution in [0.5, 0.6) is 0 Å².